The van der Waals surface area contributed by atoms with Crippen molar-refractivity contribution in [2.45, 2.75) is 13.5 Å². The molecule has 9 heteroatoms. The first-order valence-electron chi connectivity index (χ1n) is 7.88. The van der Waals surface area contributed by atoms with E-state index in [0.29, 0.717) is 0 Å². The quantitative estimate of drug-likeness (QED) is 0.522. The lowest BCUT2D eigenvalue weighted by molar-refractivity contribution is -0.121. The molecule has 1 amide bonds. The van der Waals surface area contributed by atoms with Crippen molar-refractivity contribution in [3.63, 3.8) is 0 Å². The van der Waals surface area contributed by atoms with Crippen molar-refractivity contribution in [1.29, 1.82) is 0 Å². The van der Waals surface area contributed by atoms with E-state index in [0.717, 1.165) is 15.7 Å². The number of fused-ring (bicyclic) bond motifs is 1. The number of aryl methyl sites for hydroxylation is 2. The molecule has 0 saturated heterocycles. The SMILES string of the molecule is Cc1ccc(C=NNC(=O)Cn2cnc3c(=O)n(C)c(=O)n(C)c32)cc1. The largest absolute Gasteiger partial charge is 0.332 e. The van der Waals surface area contributed by atoms with E-state index in [1.54, 1.807) is 0 Å². The Labute approximate surface area is 148 Å². The fourth-order valence-corrected chi connectivity index (χ4v) is 2.58. The summed E-state index contributed by atoms with van der Waals surface area (Å²) in [6.07, 6.45) is 2.89. The number of rotatable bonds is 4. The second kappa shape index (κ2) is 6.79. The summed E-state index contributed by atoms with van der Waals surface area (Å²) in [5, 5.41) is 3.91. The molecule has 0 aliphatic carbocycles. The van der Waals surface area contributed by atoms with Crippen molar-refractivity contribution >= 4 is 23.3 Å². The number of nitrogens with one attached hydrogen (secondary N) is 1. The Bertz CT molecular complexity index is 1120. The maximum absolute atomic E-state index is 12.1. The van der Waals surface area contributed by atoms with E-state index in [4.69, 9.17) is 0 Å². The molecule has 2 heterocycles. The van der Waals surface area contributed by atoms with Gasteiger partial charge < -0.3 is 4.57 Å². The fourth-order valence-electron chi connectivity index (χ4n) is 2.58. The number of hydrogen-bond acceptors (Lipinski definition) is 5. The van der Waals surface area contributed by atoms with Crippen LogP contribution in [0.5, 0.6) is 0 Å². The number of hydrogen-bond donors (Lipinski definition) is 1. The van der Waals surface area contributed by atoms with Crippen molar-refractivity contribution in [3.8, 4) is 0 Å². The Balaban J connectivity index is 1.79. The zero-order chi connectivity index (χ0) is 18.8. The molecule has 0 saturated carbocycles. The molecule has 0 aliphatic rings. The normalized spacial score (nSPS) is 11.3. The summed E-state index contributed by atoms with van der Waals surface area (Å²) in [5.74, 6) is -0.402. The molecule has 1 N–H and O–H groups in total. The van der Waals surface area contributed by atoms with E-state index in [1.165, 1.54) is 35.8 Å². The number of carbonyl (C=O) groups excluding carboxylic acids is 1. The number of carbonyl (C=O) groups is 1. The maximum Gasteiger partial charge on any atom is 0.332 e. The molecular weight excluding hydrogens is 336 g/mol. The molecule has 3 aromatic rings. The van der Waals surface area contributed by atoms with Gasteiger partial charge in [-0.3, -0.25) is 18.7 Å². The van der Waals surface area contributed by atoms with E-state index in [-0.39, 0.29) is 17.7 Å². The highest BCUT2D eigenvalue weighted by molar-refractivity contribution is 5.83. The van der Waals surface area contributed by atoms with Crippen LogP contribution >= 0.6 is 0 Å². The summed E-state index contributed by atoms with van der Waals surface area (Å²) in [6, 6.07) is 7.67. The first-order chi connectivity index (χ1) is 12.4. The van der Waals surface area contributed by atoms with Gasteiger partial charge in [0, 0.05) is 14.1 Å². The average Bonchev–Trinajstić information content (AvgIpc) is 3.03. The summed E-state index contributed by atoms with van der Waals surface area (Å²) < 4.78 is 3.70. The highest BCUT2D eigenvalue weighted by atomic mass is 16.2. The maximum atomic E-state index is 12.1. The molecule has 0 spiro atoms. The minimum absolute atomic E-state index is 0.123. The van der Waals surface area contributed by atoms with Gasteiger partial charge in [0.1, 0.15) is 12.2 Å². The van der Waals surface area contributed by atoms with Gasteiger partial charge in [-0.15, -0.1) is 0 Å². The van der Waals surface area contributed by atoms with E-state index in [2.05, 4.69) is 15.5 Å². The standard InChI is InChI=1S/C17H18N6O3/c1-11-4-6-12(7-5-11)8-19-20-13(24)9-23-10-18-14-15(23)21(2)17(26)22(3)16(14)25/h4-8,10H,9H2,1-3H3,(H,20,24). The van der Waals surface area contributed by atoms with Gasteiger partial charge in [0.2, 0.25) is 0 Å². The van der Waals surface area contributed by atoms with Gasteiger partial charge in [0.15, 0.2) is 5.52 Å². The highest BCUT2D eigenvalue weighted by Crippen LogP contribution is 2.05. The second-order valence-corrected chi connectivity index (χ2v) is 5.95. The summed E-state index contributed by atoms with van der Waals surface area (Å²) in [4.78, 5) is 40.3. The predicted octanol–water partition coefficient (Wildman–Crippen LogP) is -0.108. The molecule has 26 heavy (non-hydrogen) atoms. The number of imidazole rings is 1. The number of aromatic nitrogens is 4. The minimum atomic E-state index is -0.500. The van der Waals surface area contributed by atoms with Crippen LogP contribution in [0.2, 0.25) is 0 Å². The van der Waals surface area contributed by atoms with Crippen molar-refractivity contribution in [2.75, 3.05) is 0 Å². The van der Waals surface area contributed by atoms with Crippen LogP contribution in [-0.4, -0.2) is 30.8 Å². The molecule has 2 aromatic heterocycles. The van der Waals surface area contributed by atoms with Crippen LogP contribution in [0.15, 0.2) is 45.3 Å². The molecule has 0 bridgehead atoms. The Morgan fingerprint density at radius 3 is 2.58 bits per heavy atom. The third-order valence-corrected chi connectivity index (χ3v) is 4.00. The van der Waals surface area contributed by atoms with Gasteiger partial charge in [0.05, 0.1) is 12.5 Å². The van der Waals surface area contributed by atoms with Crippen LogP contribution in [0.1, 0.15) is 11.1 Å². The van der Waals surface area contributed by atoms with Gasteiger partial charge in [-0.05, 0) is 12.5 Å². The lowest BCUT2D eigenvalue weighted by Gasteiger charge is -2.07. The van der Waals surface area contributed by atoms with E-state index in [9.17, 15) is 14.4 Å². The number of amides is 1. The molecule has 134 valence electrons. The smallest absolute Gasteiger partial charge is 0.307 e. The molecule has 0 atom stereocenters. The average molecular weight is 354 g/mol. The lowest BCUT2D eigenvalue weighted by atomic mass is 10.2. The van der Waals surface area contributed by atoms with Gasteiger partial charge in [-0.2, -0.15) is 5.10 Å². The molecule has 0 aliphatic heterocycles. The number of hydrazone groups is 1. The summed E-state index contributed by atoms with van der Waals surface area (Å²) in [5.41, 5.74) is 3.84. The van der Waals surface area contributed by atoms with E-state index >= 15 is 0 Å². The third-order valence-electron chi connectivity index (χ3n) is 4.00. The Kier molecular flexibility index (Phi) is 4.53. The van der Waals surface area contributed by atoms with Crippen LogP contribution in [0.25, 0.3) is 11.2 Å². The van der Waals surface area contributed by atoms with Crippen LogP contribution in [0.3, 0.4) is 0 Å². The lowest BCUT2D eigenvalue weighted by Crippen LogP contribution is -2.37. The third kappa shape index (κ3) is 3.18. The molecule has 0 fully saturated rings. The Morgan fingerprint density at radius 2 is 1.88 bits per heavy atom. The predicted molar refractivity (Wildman–Crippen MR) is 97.1 cm³/mol. The molecule has 0 radical (unpaired) electrons. The van der Waals surface area contributed by atoms with Crippen molar-refractivity contribution < 1.29 is 4.79 Å². The minimum Gasteiger partial charge on any atom is -0.307 e. The van der Waals surface area contributed by atoms with Crippen LogP contribution in [-0.2, 0) is 25.4 Å². The van der Waals surface area contributed by atoms with Gasteiger partial charge in [-0.1, -0.05) is 29.8 Å². The van der Waals surface area contributed by atoms with Crippen LogP contribution in [0.4, 0.5) is 0 Å². The van der Waals surface area contributed by atoms with Crippen molar-refractivity contribution in [1.82, 2.24) is 24.1 Å². The topological polar surface area (TPSA) is 103 Å². The van der Waals surface area contributed by atoms with Crippen LogP contribution in [0, 0.1) is 6.92 Å². The monoisotopic (exact) mass is 354 g/mol. The van der Waals surface area contributed by atoms with Gasteiger partial charge in [0.25, 0.3) is 11.5 Å². The van der Waals surface area contributed by atoms with Crippen molar-refractivity contribution in [2.24, 2.45) is 19.2 Å². The Morgan fingerprint density at radius 1 is 1.19 bits per heavy atom. The Hall–Kier alpha value is -3.49. The molecule has 9 nitrogen and oxygen atoms in total. The summed E-state index contributed by atoms with van der Waals surface area (Å²) in [6.45, 7) is 1.86. The first kappa shape index (κ1) is 17.3. The van der Waals surface area contributed by atoms with Gasteiger partial charge in [-0.25, -0.2) is 15.2 Å². The number of benzene rings is 1. The molecule has 1 aromatic carbocycles. The molecular formula is C17H18N6O3. The highest BCUT2D eigenvalue weighted by Gasteiger charge is 2.15. The molecule has 3 rings (SSSR count). The zero-order valence-corrected chi connectivity index (χ0v) is 14.6. The van der Waals surface area contributed by atoms with E-state index in [1.807, 2.05) is 31.2 Å². The molecule has 0 unspecified atom stereocenters. The van der Waals surface area contributed by atoms with Crippen LogP contribution < -0.4 is 16.7 Å². The van der Waals surface area contributed by atoms with Crippen molar-refractivity contribution in [3.05, 3.63) is 62.6 Å². The van der Waals surface area contributed by atoms with E-state index < -0.39 is 17.2 Å². The fraction of sp³-hybridized carbons (Fsp3) is 0.235. The summed E-state index contributed by atoms with van der Waals surface area (Å²) in [7, 11) is 2.91. The zero-order valence-electron chi connectivity index (χ0n) is 14.6. The summed E-state index contributed by atoms with van der Waals surface area (Å²) >= 11 is 0. The number of nitrogens with zero attached hydrogens (tertiary/aromatic N) is 5. The van der Waals surface area contributed by atoms with Gasteiger partial charge >= 0.3 is 5.69 Å². The second-order valence-electron chi connectivity index (χ2n) is 5.95. The first-order valence-corrected chi connectivity index (χ1v) is 7.88.